The van der Waals surface area contributed by atoms with Gasteiger partial charge in [0.25, 0.3) is 0 Å². The highest BCUT2D eigenvalue weighted by molar-refractivity contribution is 5.60. The van der Waals surface area contributed by atoms with Gasteiger partial charge in [-0.2, -0.15) is 10.1 Å². The van der Waals surface area contributed by atoms with E-state index in [1.54, 1.807) is 23.7 Å². The maximum atomic E-state index is 8.99. The first-order chi connectivity index (χ1) is 9.76. The van der Waals surface area contributed by atoms with Gasteiger partial charge < -0.3 is 9.84 Å². The van der Waals surface area contributed by atoms with Crippen molar-refractivity contribution in [2.24, 2.45) is 0 Å². The third kappa shape index (κ3) is 2.46. The highest BCUT2D eigenvalue weighted by atomic mass is 16.5. The molecule has 0 saturated carbocycles. The van der Waals surface area contributed by atoms with Gasteiger partial charge in [0, 0.05) is 18.5 Å². The van der Waals surface area contributed by atoms with E-state index >= 15 is 0 Å². The molecular formula is C14H14N4O2. The molecule has 0 spiro atoms. The Bertz CT molecular complexity index is 693. The number of aromatic nitrogens is 4. The molecule has 3 aromatic rings. The lowest BCUT2D eigenvalue weighted by molar-refractivity contribution is 0.125. The number of nitrogens with zero attached hydrogens (tertiary/aromatic N) is 4. The molecule has 0 aromatic carbocycles. The Labute approximate surface area is 115 Å². The van der Waals surface area contributed by atoms with E-state index in [4.69, 9.17) is 9.84 Å². The predicted octanol–water partition coefficient (Wildman–Crippen LogP) is 1.55. The fraction of sp³-hybridized carbons (Fsp3) is 0.214. The average Bonchev–Trinajstić information content (AvgIpc) is 2.91. The molecule has 0 aliphatic rings. The number of pyridine rings is 1. The lowest BCUT2D eigenvalue weighted by atomic mass is 10.3. The Morgan fingerprint density at radius 3 is 3.05 bits per heavy atom. The molecule has 0 unspecified atom stereocenters. The van der Waals surface area contributed by atoms with Crippen molar-refractivity contribution in [3.63, 3.8) is 0 Å². The fourth-order valence-electron chi connectivity index (χ4n) is 1.82. The molecule has 0 radical (unpaired) electrons. The molecule has 3 aromatic heterocycles. The van der Waals surface area contributed by atoms with E-state index in [0.717, 1.165) is 5.52 Å². The minimum absolute atomic E-state index is 0.0618. The van der Waals surface area contributed by atoms with E-state index in [1.165, 1.54) is 0 Å². The van der Waals surface area contributed by atoms with Crippen LogP contribution in [0.25, 0.3) is 17.0 Å². The molecular weight excluding hydrogens is 256 g/mol. The highest BCUT2D eigenvalue weighted by Crippen LogP contribution is 2.18. The van der Waals surface area contributed by atoms with E-state index < -0.39 is 0 Å². The Kier molecular flexibility index (Phi) is 3.30. The van der Waals surface area contributed by atoms with Gasteiger partial charge in [-0.15, -0.1) is 0 Å². The third-order valence-electron chi connectivity index (χ3n) is 2.81. The van der Waals surface area contributed by atoms with Crippen molar-refractivity contribution in [1.29, 1.82) is 0 Å². The SMILES string of the molecule is C[C@@H](CO)Oc1ccnc(-c2cc3ccccn3n2)n1. The van der Waals surface area contributed by atoms with Crippen molar-refractivity contribution in [3.8, 4) is 17.4 Å². The highest BCUT2D eigenvalue weighted by Gasteiger charge is 2.09. The zero-order valence-corrected chi connectivity index (χ0v) is 11.0. The zero-order chi connectivity index (χ0) is 13.9. The maximum absolute atomic E-state index is 8.99. The second-order valence-electron chi connectivity index (χ2n) is 4.43. The van der Waals surface area contributed by atoms with Gasteiger partial charge in [-0.3, -0.25) is 0 Å². The Hall–Kier alpha value is -2.47. The van der Waals surface area contributed by atoms with Crippen LogP contribution in [0.2, 0.25) is 0 Å². The number of rotatable bonds is 4. The molecule has 0 fully saturated rings. The largest absolute Gasteiger partial charge is 0.472 e. The van der Waals surface area contributed by atoms with Crippen LogP contribution in [0.3, 0.4) is 0 Å². The van der Waals surface area contributed by atoms with Crippen molar-refractivity contribution in [2.75, 3.05) is 6.61 Å². The molecule has 1 N–H and O–H groups in total. The summed E-state index contributed by atoms with van der Waals surface area (Å²) in [5.74, 6) is 0.921. The number of ether oxygens (including phenoxy) is 1. The second-order valence-corrected chi connectivity index (χ2v) is 4.43. The van der Waals surface area contributed by atoms with Gasteiger partial charge in [0.2, 0.25) is 5.88 Å². The average molecular weight is 270 g/mol. The standard InChI is InChI=1S/C14H14N4O2/c1-10(9-19)20-13-5-6-15-14(16-13)12-8-11-4-2-3-7-18(11)17-12/h2-8,10,19H,9H2,1H3/t10-/m0/s1. The van der Waals surface area contributed by atoms with Crippen LogP contribution in [0.15, 0.2) is 42.7 Å². The summed E-state index contributed by atoms with van der Waals surface area (Å²) < 4.78 is 7.23. The van der Waals surface area contributed by atoms with Gasteiger partial charge in [-0.1, -0.05) is 6.07 Å². The van der Waals surface area contributed by atoms with Gasteiger partial charge in [-0.25, -0.2) is 9.50 Å². The third-order valence-corrected chi connectivity index (χ3v) is 2.81. The van der Waals surface area contributed by atoms with Crippen LogP contribution >= 0.6 is 0 Å². The van der Waals surface area contributed by atoms with Crippen molar-refractivity contribution in [2.45, 2.75) is 13.0 Å². The Morgan fingerprint density at radius 1 is 1.35 bits per heavy atom. The van der Waals surface area contributed by atoms with E-state index in [1.807, 2.05) is 30.5 Å². The number of aliphatic hydroxyl groups excluding tert-OH is 1. The van der Waals surface area contributed by atoms with Gasteiger partial charge in [0.05, 0.1) is 12.1 Å². The summed E-state index contributed by atoms with van der Waals surface area (Å²) in [6, 6.07) is 9.39. The first-order valence-corrected chi connectivity index (χ1v) is 6.31. The van der Waals surface area contributed by atoms with Gasteiger partial charge in [0.1, 0.15) is 11.8 Å². The monoisotopic (exact) mass is 270 g/mol. The molecule has 0 aliphatic carbocycles. The summed E-state index contributed by atoms with van der Waals surface area (Å²) in [6.45, 7) is 1.71. The lowest BCUT2D eigenvalue weighted by Crippen LogP contribution is -2.17. The predicted molar refractivity (Wildman–Crippen MR) is 73.4 cm³/mol. The van der Waals surface area contributed by atoms with E-state index in [2.05, 4.69) is 15.1 Å². The summed E-state index contributed by atoms with van der Waals surface area (Å²) in [6.07, 6.45) is 3.18. The summed E-state index contributed by atoms with van der Waals surface area (Å²) in [7, 11) is 0. The fourth-order valence-corrected chi connectivity index (χ4v) is 1.82. The minimum atomic E-state index is -0.307. The van der Waals surface area contributed by atoms with Crippen molar-refractivity contribution in [1.82, 2.24) is 19.6 Å². The summed E-state index contributed by atoms with van der Waals surface area (Å²) in [5.41, 5.74) is 1.65. The number of hydrogen-bond donors (Lipinski definition) is 1. The molecule has 0 aliphatic heterocycles. The first-order valence-electron chi connectivity index (χ1n) is 6.31. The smallest absolute Gasteiger partial charge is 0.217 e. The zero-order valence-electron chi connectivity index (χ0n) is 11.0. The molecule has 6 heteroatoms. The summed E-state index contributed by atoms with van der Waals surface area (Å²) >= 11 is 0. The summed E-state index contributed by atoms with van der Waals surface area (Å²) in [5, 5.41) is 13.4. The van der Waals surface area contributed by atoms with E-state index in [0.29, 0.717) is 17.4 Å². The maximum Gasteiger partial charge on any atom is 0.217 e. The van der Waals surface area contributed by atoms with Gasteiger partial charge in [-0.05, 0) is 25.1 Å². The first kappa shape index (κ1) is 12.6. The second kappa shape index (κ2) is 5.26. The van der Waals surface area contributed by atoms with E-state index in [-0.39, 0.29) is 12.7 Å². The molecule has 102 valence electrons. The number of fused-ring (bicyclic) bond motifs is 1. The molecule has 0 saturated heterocycles. The Morgan fingerprint density at radius 2 is 2.25 bits per heavy atom. The number of aliphatic hydroxyl groups is 1. The van der Waals surface area contributed by atoms with E-state index in [9.17, 15) is 0 Å². The molecule has 6 nitrogen and oxygen atoms in total. The van der Waals surface area contributed by atoms with Crippen LogP contribution in [-0.2, 0) is 0 Å². The molecule has 3 rings (SSSR count). The van der Waals surface area contributed by atoms with Crippen molar-refractivity contribution >= 4 is 5.52 Å². The lowest BCUT2D eigenvalue weighted by Gasteiger charge is -2.10. The van der Waals surface area contributed by atoms with Crippen LogP contribution in [-0.4, -0.2) is 37.4 Å². The van der Waals surface area contributed by atoms with Gasteiger partial charge in [0.15, 0.2) is 5.82 Å². The van der Waals surface area contributed by atoms with Crippen LogP contribution < -0.4 is 4.74 Å². The normalized spacial score (nSPS) is 12.5. The quantitative estimate of drug-likeness (QED) is 0.778. The van der Waals surface area contributed by atoms with Crippen LogP contribution in [0, 0.1) is 0 Å². The molecule has 1 atom stereocenters. The Balaban J connectivity index is 1.95. The molecule has 3 heterocycles. The molecule has 0 amide bonds. The van der Waals surface area contributed by atoms with Crippen molar-refractivity contribution in [3.05, 3.63) is 42.7 Å². The topological polar surface area (TPSA) is 72.5 Å². The molecule has 20 heavy (non-hydrogen) atoms. The van der Waals surface area contributed by atoms with Crippen LogP contribution in [0.1, 0.15) is 6.92 Å². The summed E-state index contributed by atoms with van der Waals surface area (Å²) in [4.78, 5) is 8.51. The minimum Gasteiger partial charge on any atom is -0.472 e. The van der Waals surface area contributed by atoms with Crippen LogP contribution in [0.4, 0.5) is 0 Å². The molecule has 0 bridgehead atoms. The van der Waals surface area contributed by atoms with Gasteiger partial charge >= 0.3 is 0 Å². The van der Waals surface area contributed by atoms with Crippen LogP contribution in [0.5, 0.6) is 5.88 Å². The van der Waals surface area contributed by atoms with Crippen molar-refractivity contribution < 1.29 is 9.84 Å². The number of hydrogen-bond acceptors (Lipinski definition) is 5.